The van der Waals surface area contributed by atoms with Crippen LogP contribution in [-0.2, 0) is 0 Å². The third-order valence-corrected chi connectivity index (χ3v) is 6.37. The van der Waals surface area contributed by atoms with E-state index in [0.29, 0.717) is 29.8 Å². The Labute approximate surface area is 197 Å². The molecule has 0 saturated heterocycles. The minimum atomic E-state index is -0.0611. The predicted molar refractivity (Wildman–Crippen MR) is 133 cm³/mol. The summed E-state index contributed by atoms with van der Waals surface area (Å²) in [7, 11) is 6.08. The normalized spacial score (nSPS) is 13.6. The van der Waals surface area contributed by atoms with Crippen LogP contribution in [0, 0.1) is 0 Å². The van der Waals surface area contributed by atoms with Crippen LogP contribution in [0.5, 0.6) is 0 Å². The highest BCUT2D eigenvalue weighted by molar-refractivity contribution is 7.98. The summed E-state index contributed by atoms with van der Waals surface area (Å²) in [5, 5.41) is 11.5. The monoisotopic (exact) mass is 463 g/mol. The Kier molecular flexibility index (Phi) is 7.22. The molecule has 2 N–H and O–H groups in total. The van der Waals surface area contributed by atoms with Gasteiger partial charge in [0.1, 0.15) is 13.7 Å². The number of thioether (sulfide) groups is 1. The van der Waals surface area contributed by atoms with Gasteiger partial charge in [-0.15, -0.1) is 11.8 Å². The number of hydrogen-bond acceptors (Lipinski definition) is 5. The highest BCUT2D eigenvalue weighted by atomic mass is 35.5. The average molecular weight is 464 g/mol. The molecule has 0 fully saturated rings. The Hall–Kier alpha value is -2.71. The number of amides is 1. The second-order valence-electron chi connectivity index (χ2n) is 7.36. The van der Waals surface area contributed by atoms with Gasteiger partial charge >= 0.3 is 0 Å². The van der Waals surface area contributed by atoms with E-state index in [2.05, 4.69) is 26.8 Å². The standard InChI is InChI=1S/C23H23BClN5OS/c1-32-20-10-5-3-8-16(20)23(31)27-12-6-11-26-21-13-19(15-7-2-4-9-18(15)25)29-22-17(24)14-28-30(21)22/h2-3,5,7-8,10,13-14,26H,4,6,9,11-12H2,1H3,(H,27,31). The number of carbonyl (C=O) groups is 1. The Morgan fingerprint density at radius 2 is 2.16 bits per heavy atom. The molecule has 1 aromatic carbocycles. The lowest BCUT2D eigenvalue weighted by Gasteiger charge is -2.14. The summed E-state index contributed by atoms with van der Waals surface area (Å²) in [6, 6.07) is 9.54. The summed E-state index contributed by atoms with van der Waals surface area (Å²) in [5.41, 5.74) is 3.46. The van der Waals surface area contributed by atoms with Crippen LogP contribution < -0.4 is 16.1 Å². The van der Waals surface area contributed by atoms with Crippen LogP contribution in [0.25, 0.3) is 11.2 Å². The highest BCUT2D eigenvalue weighted by Crippen LogP contribution is 2.30. The molecule has 4 rings (SSSR count). The number of nitrogens with one attached hydrogen (secondary N) is 2. The van der Waals surface area contributed by atoms with Gasteiger partial charge in [-0.3, -0.25) is 4.79 Å². The lowest BCUT2D eigenvalue weighted by Crippen LogP contribution is -2.26. The molecule has 1 aliphatic carbocycles. The van der Waals surface area contributed by atoms with Gasteiger partial charge in [-0.25, -0.2) is 4.98 Å². The molecule has 3 aromatic rings. The van der Waals surface area contributed by atoms with E-state index in [-0.39, 0.29) is 5.91 Å². The van der Waals surface area contributed by atoms with Gasteiger partial charge in [0, 0.05) is 40.9 Å². The molecule has 6 nitrogen and oxygen atoms in total. The van der Waals surface area contributed by atoms with Crippen LogP contribution in [-0.4, -0.2) is 47.7 Å². The summed E-state index contributed by atoms with van der Waals surface area (Å²) in [5.74, 6) is 0.714. The van der Waals surface area contributed by atoms with E-state index < -0.39 is 0 Å². The van der Waals surface area contributed by atoms with Crippen molar-refractivity contribution in [1.29, 1.82) is 0 Å². The summed E-state index contributed by atoms with van der Waals surface area (Å²) >= 11 is 8.02. The molecular weight excluding hydrogens is 441 g/mol. The Bertz CT molecular complexity index is 1210. The molecule has 0 aliphatic heterocycles. The van der Waals surface area contributed by atoms with E-state index in [1.54, 1.807) is 22.5 Å². The highest BCUT2D eigenvalue weighted by Gasteiger charge is 2.15. The van der Waals surface area contributed by atoms with E-state index in [1.807, 2.05) is 42.7 Å². The van der Waals surface area contributed by atoms with Crippen LogP contribution in [0.15, 0.2) is 58.6 Å². The Morgan fingerprint density at radius 1 is 1.31 bits per heavy atom. The molecule has 0 spiro atoms. The van der Waals surface area contributed by atoms with Crippen LogP contribution >= 0.6 is 23.4 Å². The number of anilines is 1. The van der Waals surface area contributed by atoms with Crippen molar-refractivity contribution in [3.8, 4) is 0 Å². The zero-order chi connectivity index (χ0) is 22.5. The molecule has 2 radical (unpaired) electrons. The fraction of sp³-hybridized carbons (Fsp3) is 0.261. The molecular formula is C23H23BClN5OS. The van der Waals surface area contributed by atoms with E-state index in [0.717, 1.165) is 46.3 Å². The number of carbonyl (C=O) groups excluding carboxylic acids is 1. The first-order chi connectivity index (χ1) is 15.6. The maximum absolute atomic E-state index is 12.5. The number of halogens is 1. The largest absolute Gasteiger partial charge is 0.370 e. The number of hydrogen-bond donors (Lipinski definition) is 2. The number of nitrogens with zero attached hydrogens (tertiary/aromatic N) is 3. The van der Waals surface area contributed by atoms with Crippen molar-refractivity contribution in [2.75, 3.05) is 24.7 Å². The topological polar surface area (TPSA) is 71.3 Å². The second-order valence-corrected chi connectivity index (χ2v) is 8.66. The zero-order valence-corrected chi connectivity index (χ0v) is 19.3. The minimum absolute atomic E-state index is 0.0611. The fourth-order valence-corrected chi connectivity index (χ4v) is 4.40. The van der Waals surface area contributed by atoms with Crippen LogP contribution in [0.4, 0.5) is 5.82 Å². The molecule has 0 unspecified atom stereocenters. The van der Waals surface area contributed by atoms with Gasteiger partial charge in [-0.05, 0) is 43.1 Å². The first-order valence-corrected chi connectivity index (χ1v) is 12.0. The van der Waals surface area contributed by atoms with Crippen molar-refractivity contribution < 1.29 is 4.79 Å². The molecule has 2 heterocycles. The summed E-state index contributed by atoms with van der Waals surface area (Å²) in [6.45, 7) is 1.20. The maximum Gasteiger partial charge on any atom is 0.252 e. The van der Waals surface area contributed by atoms with E-state index >= 15 is 0 Å². The van der Waals surface area contributed by atoms with Crippen molar-refractivity contribution in [3.05, 3.63) is 65.0 Å². The van der Waals surface area contributed by atoms with E-state index in [1.165, 1.54) is 0 Å². The first-order valence-electron chi connectivity index (χ1n) is 10.4. The lowest BCUT2D eigenvalue weighted by atomic mass is 10.00. The van der Waals surface area contributed by atoms with Crippen molar-refractivity contribution in [2.45, 2.75) is 24.2 Å². The average Bonchev–Trinajstić information content (AvgIpc) is 3.19. The molecule has 162 valence electrons. The SMILES string of the molecule is [B]c1cnn2c(NCCCNC(=O)c3ccccc3SC)cc(C3=C(Cl)CCC=C3)nc12. The van der Waals surface area contributed by atoms with Crippen molar-refractivity contribution >= 4 is 59.6 Å². The smallest absolute Gasteiger partial charge is 0.252 e. The maximum atomic E-state index is 12.5. The van der Waals surface area contributed by atoms with Gasteiger partial charge < -0.3 is 10.6 Å². The Balaban J connectivity index is 1.42. The molecule has 0 atom stereocenters. The number of allylic oxidation sites excluding steroid dienone is 4. The number of aromatic nitrogens is 3. The molecule has 1 amide bonds. The molecule has 9 heteroatoms. The third kappa shape index (κ3) is 4.86. The third-order valence-electron chi connectivity index (χ3n) is 5.18. The Morgan fingerprint density at radius 3 is 2.97 bits per heavy atom. The fourth-order valence-electron chi connectivity index (χ4n) is 3.54. The number of rotatable bonds is 8. The first kappa shape index (κ1) is 22.5. The van der Waals surface area contributed by atoms with Gasteiger partial charge in [0.05, 0.1) is 11.3 Å². The summed E-state index contributed by atoms with van der Waals surface area (Å²) in [4.78, 5) is 18.1. The molecule has 0 bridgehead atoms. The van der Waals surface area contributed by atoms with Crippen molar-refractivity contribution in [2.24, 2.45) is 0 Å². The number of fused-ring (bicyclic) bond motifs is 1. The van der Waals surface area contributed by atoms with Crippen LogP contribution in [0.3, 0.4) is 0 Å². The van der Waals surface area contributed by atoms with Gasteiger partial charge in [0.15, 0.2) is 5.65 Å². The van der Waals surface area contributed by atoms with Gasteiger partial charge in [0.25, 0.3) is 5.91 Å². The minimum Gasteiger partial charge on any atom is -0.370 e. The van der Waals surface area contributed by atoms with Gasteiger partial charge in [0.2, 0.25) is 0 Å². The molecule has 32 heavy (non-hydrogen) atoms. The van der Waals surface area contributed by atoms with E-state index in [4.69, 9.17) is 19.4 Å². The summed E-state index contributed by atoms with van der Waals surface area (Å²) < 4.78 is 1.69. The predicted octanol–water partition coefficient (Wildman–Crippen LogP) is 3.78. The van der Waals surface area contributed by atoms with Gasteiger partial charge in [-0.1, -0.05) is 35.9 Å². The van der Waals surface area contributed by atoms with Crippen LogP contribution in [0.2, 0.25) is 0 Å². The van der Waals surface area contributed by atoms with Gasteiger partial charge in [-0.2, -0.15) is 9.61 Å². The lowest BCUT2D eigenvalue weighted by molar-refractivity contribution is 0.0950. The van der Waals surface area contributed by atoms with Crippen molar-refractivity contribution in [3.63, 3.8) is 0 Å². The zero-order valence-electron chi connectivity index (χ0n) is 17.8. The summed E-state index contributed by atoms with van der Waals surface area (Å²) in [6.07, 6.45) is 10.1. The van der Waals surface area contributed by atoms with Crippen molar-refractivity contribution in [1.82, 2.24) is 19.9 Å². The second kappa shape index (κ2) is 10.3. The molecule has 1 aliphatic rings. The molecule has 0 saturated carbocycles. The van der Waals surface area contributed by atoms with E-state index in [9.17, 15) is 4.79 Å². The quantitative estimate of drug-likeness (QED) is 0.302. The van der Waals surface area contributed by atoms with Crippen LogP contribution in [0.1, 0.15) is 35.3 Å². The number of benzene rings is 1. The molecule has 2 aromatic heterocycles.